The van der Waals surface area contributed by atoms with E-state index in [9.17, 15) is 9.59 Å². The molecular formula is C24H30N2O4S. The average molecular weight is 443 g/mol. The van der Waals surface area contributed by atoms with E-state index in [2.05, 4.69) is 24.9 Å². The number of hydrogen-bond donors (Lipinski definition) is 1. The molecule has 1 aliphatic heterocycles. The van der Waals surface area contributed by atoms with E-state index in [1.165, 1.54) is 5.56 Å². The Balaban J connectivity index is 1.81. The zero-order valence-corrected chi connectivity index (χ0v) is 19.5. The predicted molar refractivity (Wildman–Crippen MR) is 122 cm³/mol. The van der Waals surface area contributed by atoms with Crippen molar-refractivity contribution >= 4 is 23.7 Å². The third-order valence-corrected chi connectivity index (χ3v) is 6.59. The van der Waals surface area contributed by atoms with Crippen LogP contribution in [0.25, 0.3) is 11.3 Å². The van der Waals surface area contributed by atoms with Gasteiger partial charge in [-0.25, -0.2) is 4.79 Å². The number of aromatic nitrogens is 1. The maximum atomic E-state index is 12.3. The normalized spacial score (nSPS) is 18.2. The molecule has 1 aromatic heterocycles. The van der Waals surface area contributed by atoms with Gasteiger partial charge in [0.15, 0.2) is 5.44 Å². The molecular weight excluding hydrogens is 412 g/mol. The Labute approximate surface area is 187 Å². The van der Waals surface area contributed by atoms with E-state index in [0.717, 1.165) is 16.2 Å². The van der Waals surface area contributed by atoms with Gasteiger partial charge in [-0.3, -0.25) is 9.78 Å². The summed E-state index contributed by atoms with van der Waals surface area (Å²) in [4.78, 5) is 29.7. The third-order valence-electron chi connectivity index (χ3n) is 5.45. The van der Waals surface area contributed by atoms with Crippen molar-refractivity contribution in [2.45, 2.75) is 62.8 Å². The Morgan fingerprint density at radius 1 is 1.26 bits per heavy atom. The SMILES string of the molecule is CCOC(=O)c1ccc(-c2ccc3c(c2)C(C)(C)CC(OC(=O)[C@@H](N)C(C)C)S3)nc1. The van der Waals surface area contributed by atoms with Gasteiger partial charge in [0.05, 0.1) is 17.9 Å². The molecule has 0 bridgehead atoms. The van der Waals surface area contributed by atoms with E-state index in [-0.39, 0.29) is 28.7 Å². The van der Waals surface area contributed by atoms with Gasteiger partial charge in [-0.15, -0.1) is 0 Å². The predicted octanol–water partition coefficient (Wildman–Crippen LogP) is 4.55. The number of carbonyl (C=O) groups excluding carboxylic acids is 2. The van der Waals surface area contributed by atoms with Crippen molar-refractivity contribution in [2.24, 2.45) is 11.7 Å². The van der Waals surface area contributed by atoms with Crippen LogP contribution in [-0.4, -0.2) is 35.0 Å². The zero-order chi connectivity index (χ0) is 22.8. The Bertz CT molecular complexity index is 957. The summed E-state index contributed by atoms with van der Waals surface area (Å²) in [7, 11) is 0. The molecule has 1 aromatic carbocycles. The maximum Gasteiger partial charge on any atom is 0.339 e. The van der Waals surface area contributed by atoms with E-state index in [1.807, 2.05) is 32.0 Å². The van der Waals surface area contributed by atoms with Crippen molar-refractivity contribution in [3.05, 3.63) is 47.7 Å². The Morgan fingerprint density at radius 3 is 2.61 bits per heavy atom. The average Bonchev–Trinajstić information content (AvgIpc) is 2.72. The largest absolute Gasteiger partial charge is 0.462 e. The third kappa shape index (κ3) is 5.28. The molecule has 6 nitrogen and oxygen atoms in total. The molecule has 2 N–H and O–H groups in total. The number of thioether (sulfide) groups is 1. The fourth-order valence-corrected chi connectivity index (χ4v) is 5.01. The number of pyridine rings is 1. The molecule has 1 aliphatic rings. The fourth-order valence-electron chi connectivity index (χ4n) is 3.48. The van der Waals surface area contributed by atoms with Crippen LogP contribution in [0.3, 0.4) is 0 Å². The second-order valence-corrected chi connectivity index (χ2v) is 9.91. The number of benzene rings is 1. The first-order chi connectivity index (χ1) is 14.6. The van der Waals surface area contributed by atoms with Crippen LogP contribution >= 0.6 is 11.8 Å². The highest BCUT2D eigenvalue weighted by Gasteiger charge is 2.36. The number of nitrogens with two attached hydrogens (primary N) is 1. The molecule has 31 heavy (non-hydrogen) atoms. The van der Waals surface area contributed by atoms with E-state index >= 15 is 0 Å². The maximum absolute atomic E-state index is 12.3. The lowest BCUT2D eigenvalue weighted by Crippen LogP contribution is -2.40. The first-order valence-corrected chi connectivity index (χ1v) is 11.4. The summed E-state index contributed by atoms with van der Waals surface area (Å²) in [6, 6.07) is 9.11. The van der Waals surface area contributed by atoms with Gasteiger partial charge in [-0.05, 0) is 48.1 Å². The minimum atomic E-state index is -0.615. The molecule has 0 saturated heterocycles. The van der Waals surface area contributed by atoms with E-state index < -0.39 is 6.04 Å². The number of ether oxygens (including phenoxy) is 2. The second-order valence-electron chi connectivity index (χ2n) is 8.71. The van der Waals surface area contributed by atoms with Gasteiger partial charge in [-0.2, -0.15) is 0 Å². The lowest BCUT2D eigenvalue weighted by molar-refractivity contribution is -0.148. The molecule has 2 aromatic rings. The molecule has 0 amide bonds. The summed E-state index contributed by atoms with van der Waals surface area (Å²) in [6.45, 7) is 10.2. The van der Waals surface area contributed by atoms with Gasteiger partial charge in [0.1, 0.15) is 6.04 Å². The number of hydrogen-bond acceptors (Lipinski definition) is 7. The highest BCUT2D eigenvalue weighted by atomic mass is 32.2. The van der Waals surface area contributed by atoms with Crippen LogP contribution in [0, 0.1) is 5.92 Å². The second kappa shape index (κ2) is 9.40. The lowest BCUT2D eigenvalue weighted by atomic mass is 9.80. The number of carbonyl (C=O) groups is 2. The standard InChI is InChI=1S/C24H30N2O4S/c1-6-29-22(27)16-7-9-18(26-13-16)15-8-10-19-17(11-15)24(4,5)12-20(31-19)30-23(28)21(25)14(2)3/h7-11,13-14,20-21H,6,12,25H2,1-5H3/t20?,21-/m0/s1. The molecule has 0 saturated carbocycles. The van der Waals surface area contributed by atoms with Crippen molar-refractivity contribution in [1.29, 1.82) is 0 Å². The highest BCUT2D eigenvalue weighted by molar-refractivity contribution is 7.99. The van der Waals surface area contributed by atoms with E-state index in [4.69, 9.17) is 15.2 Å². The summed E-state index contributed by atoms with van der Waals surface area (Å²) >= 11 is 1.55. The van der Waals surface area contributed by atoms with E-state index in [1.54, 1.807) is 30.9 Å². The molecule has 0 fully saturated rings. The number of rotatable bonds is 6. The topological polar surface area (TPSA) is 91.5 Å². The van der Waals surface area contributed by atoms with Crippen LogP contribution in [0.4, 0.5) is 0 Å². The summed E-state index contributed by atoms with van der Waals surface area (Å²) in [6.07, 6.45) is 2.24. The molecule has 0 aliphatic carbocycles. The van der Waals surface area contributed by atoms with Crippen molar-refractivity contribution in [2.75, 3.05) is 6.61 Å². The molecule has 7 heteroatoms. The fraction of sp³-hybridized carbons (Fsp3) is 0.458. The van der Waals surface area contributed by atoms with Crippen LogP contribution in [0.15, 0.2) is 41.4 Å². The Morgan fingerprint density at radius 2 is 2.00 bits per heavy atom. The monoisotopic (exact) mass is 442 g/mol. The quantitative estimate of drug-likeness (QED) is 0.656. The van der Waals surface area contributed by atoms with Crippen LogP contribution in [-0.2, 0) is 19.7 Å². The lowest BCUT2D eigenvalue weighted by Gasteiger charge is -2.37. The Kier molecular flexibility index (Phi) is 7.06. The summed E-state index contributed by atoms with van der Waals surface area (Å²) in [5, 5.41) is 0. The number of fused-ring (bicyclic) bond motifs is 1. The van der Waals surface area contributed by atoms with Gasteiger partial charge in [-0.1, -0.05) is 45.5 Å². The minimum absolute atomic E-state index is 0.0339. The van der Waals surface area contributed by atoms with Gasteiger partial charge in [0.25, 0.3) is 0 Å². The van der Waals surface area contributed by atoms with Gasteiger partial charge >= 0.3 is 11.9 Å². The summed E-state index contributed by atoms with van der Waals surface area (Å²) in [5.74, 6) is -0.691. The molecule has 0 radical (unpaired) electrons. The van der Waals surface area contributed by atoms with Crippen LogP contribution in [0.2, 0.25) is 0 Å². The first-order valence-electron chi connectivity index (χ1n) is 10.5. The molecule has 0 spiro atoms. The van der Waals surface area contributed by atoms with Crippen LogP contribution < -0.4 is 5.73 Å². The number of esters is 2. The van der Waals surface area contributed by atoms with Crippen molar-refractivity contribution in [3.63, 3.8) is 0 Å². The molecule has 3 rings (SSSR count). The molecule has 2 atom stereocenters. The minimum Gasteiger partial charge on any atom is -0.462 e. The van der Waals surface area contributed by atoms with Gasteiger partial charge < -0.3 is 15.2 Å². The van der Waals surface area contributed by atoms with Gasteiger partial charge in [0.2, 0.25) is 0 Å². The zero-order valence-electron chi connectivity index (χ0n) is 18.7. The summed E-state index contributed by atoms with van der Waals surface area (Å²) < 4.78 is 10.7. The molecule has 166 valence electrons. The number of nitrogens with zero attached hydrogens (tertiary/aromatic N) is 1. The van der Waals surface area contributed by atoms with Crippen molar-refractivity contribution in [3.8, 4) is 11.3 Å². The summed E-state index contributed by atoms with van der Waals surface area (Å²) in [5.41, 5.74) is 8.87. The Hall–Kier alpha value is -2.38. The molecule has 1 unspecified atom stereocenters. The van der Waals surface area contributed by atoms with Crippen LogP contribution in [0.5, 0.6) is 0 Å². The van der Waals surface area contributed by atoms with E-state index in [0.29, 0.717) is 18.6 Å². The first kappa shape index (κ1) is 23.3. The smallest absolute Gasteiger partial charge is 0.339 e. The highest BCUT2D eigenvalue weighted by Crippen LogP contribution is 2.47. The molecule has 2 heterocycles. The van der Waals surface area contributed by atoms with Crippen molar-refractivity contribution < 1.29 is 19.1 Å². The van der Waals surface area contributed by atoms with Gasteiger partial charge in [0, 0.05) is 23.1 Å². The van der Waals surface area contributed by atoms with Crippen molar-refractivity contribution in [1.82, 2.24) is 4.98 Å². The van der Waals surface area contributed by atoms with Crippen LogP contribution in [0.1, 0.15) is 57.0 Å².